The highest BCUT2D eigenvalue weighted by Crippen LogP contribution is 2.14. The van der Waals surface area contributed by atoms with Crippen LogP contribution in [0.1, 0.15) is 32.3 Å². The number of aromatic nitrogens is 2. The van der Waals surface area contributed by atoms with Gasteiger partial charge in [0.15, 0.2) is 0 Å². The van der Waals surface area contributed by atoms with Crippen LogP contribution in [0, 0.1) is 0 Å². The summed E-state index contributed by atoms with van der Waals surface area (Å²) in [6.45, 7) is 3.56. The highest BCUT2D eigenvalue weighted by atomic mass is 16.4. The third-order valence-electron chi connectivity index (χ3n) is 2.90. The van der Waals surface area contributed by atoms with E-state index in [1.807, 2.05) is 6.92 Å². The zero-order chi connectivity index (χ0) is 14.5. The molecule has 1 unspecified atom stereocenters. The van der Waals surface area contributed by atoms with Crippen LogP contribution in [0.25, 0.3) is 6.08 Å². The lowest BCUT2D eigenvalue weighted by Crippen LogP contribution is -2.46. The highest BCUT2D eigenvalue weighted by molar-refractivity contribution is 5.92. The van der Waals surface area contributed by atoms with E-state index in [1.165, 1.54) is 6.08 Å². The van der Waals surface area contributed by atoms with Crippen molar-refractivity contribution >= 4 is 18.0 Å². The standard InChI is InChI=1S/C13H19N3O3/c1-4-13(2,7-12(18)19)15-11(17)6-5-10-8-14-16(3)9-10/h5-6,8-9H,4,7H2,1-3H3,(H,15,17)(H,18,19). The van der Waals surface area contributed by atoms with Crippen LogP contribution in [0.5, 0.6) is 0 Å². The van der Waals surface area contributed by atoms with Gasteiger partial charge in [-0.25, -0.2) is 0 Å². The number of amides is 1. The van der Waals surface area contributed by atoms with Crippen LogP contribution in [-0.2, 0) is 16.6 Å². The number of hydrogen-bond donors (Lipinski definition) is 2. The minimum Gasteiger partial charge on any atom is -0.481 e. The molecule has 0 saturated heterocycles. The van der Waals surface area contributed by atoms with E-state index < -0.39 is 11.5 Å². The third kappa shape index (κ3) is 4.95. The van der Waals surface area contributed by atoms with Gasteiger partial charge in [-0.1, -0.05) is 6.92 Å². The van der Waals surface area contributed by atoms with E-state index in [0.717, 1.165) is 5.56 Å². The van der Waals surface area contributed by atoms with Gasteiger partial charge in [-0.3, -0.25) is 14.3 Å². The second kappa shape index (κ2) is 6.17. The number of carboxylic acids is 1. The zero-order valence-corrected chi connectivity index (χ0v) is 11.4. The minimum absolute atomic E-state index is 0.101. The molecule has 1 heterocycles. The van der Waals surface area contributed by atoms with Crippen LogP contribution in [0.3, 0.4) is 0 Å². The first-order valence-electron chi connectivity index (χ1n) is 6.05. The number of nitrogens with one attached hydrogen (secondary N) is 1. The summed E-state index contributed by atoms with van der Waals surface area (Å²) in [6.07, 6.45) is 6.88. The maximum Gasteiger partial charge on any atom is 0.305 e. The number of aryl methyl sites for hydroxylation is 1. The van der Waals surface area contributed by atoms with Gasteiger partial charge in [0.1, 0.15) is 0 Å². The number of nitrogens with zero attached hydrogens (tertiary/aromatic N) is 2. The van der Waals surface area contributed by atoms with Crippen LogP contribution in [-0.4, -0.2) is 32.3 Å². The lowest BCUT2D eigenvalue weighted by atomic mass is 9.94. The Balaban J connectivity index is 2.63. The summed E-state index contributed by atoms with van der Waals surface area (Å²) in [6, 6.07) is 0. The summed E-state index contributed by atoms with van der Waals surface area (Å²) < 4.78 is 1.64. The second-order valence-corrected chi connectivity index (χ2v) is 4.75. The molecule has 0 saturated carbocycles. The number of carbonyl (C=O) groups is 2. The van der Waals surface area contributed by atoms with Crippen molar-refractivity contribution in [3.63, 3.8) is 0 Å². The van der Waals surface area contributed by atoms with E-state index in [4.69, 9.17) is 5.11 Å². The molecule has 19 heavy (non-hydrogen) atoms. The summed E-state index contributed by atoms with van der Waals surface area (Å²) in [7, 11) is 1.79. The second-order valence-electron chi connectivity index (χ2n) is 4.75. The van der Waals surface area contributed by atoms with Crippen molar-refractivity contribution in [1.29, 1.82) is 0 Å². The quantitative estimate of drug-likeness (QED) is 0.757. The van der Waals surface area contributed by atoms with Crippen LogP contribution >= 0.6 is 0 Å². The highest BCUT2D eigenvalue weighted by Gasteiger charge is 2.26. The number of carboxylic acid groups (broad SMARTS) is 1. The summed E-state index contributed by atoms with van der Waals surface area (Å²) in [5.74, 6) is -1.24. The SMILES string of the molecule is CCC(C)(CC(=O)O)NC(=O)C=Cc1cnn(C)c1. The van der Waals surface area contributed by atoms with Crippen molar-refractivity contribution < 1.29 is 14.7 Å². The molecule has 1 amide bonds. The number of aliphatic carboxylic acids is 1. The van der Waals surface area contributed by atoms with Crippen LogP contribution < -0.4 is 5.32 Å². The fraction of sp³-hybridized carbons (Fsp3) is 0.462. The molecule has 104 valence electrons. The normalized spacial score (nSPS) is 14.3. The van der Waals surface area contributed by atoms with Gasteiger partial charge in [0.2, 0.25) is 5.91 Å². The molecule has 1 rings (SSSR count). The van der Waals surface area contributed by atoms with Gasteiger partial charge >= 0.3 is 5.97 Å². The van der Waals surface area contributed by atoms with Gasteiger partial charge in [-0.2, -0.15) is 5.10 Å². The number of carbonyl (C=O) groups excluding carboxylic acids is 1. The largest absolute Gasteiger partial charge is 0.481 e. The zero-order valence-electron chi connectivity index (χ0n) is 11.4. The van der Waals surface area contributed by atoms with Gasteiger partial charge in [-0.15, -0.1) is 0 Å². The molecule has 0 bridgehead atoms. The average Bonchev–Trinajstić information content (AvgIpc) is 2.71. The molecule has 6 nitrogen and oxygen atoms in total. The molecule has 0 aliphatic carbocycles. The Kier molecular flexibility index (Phi) is 4.86. The third-order valence-corrected chi connectivity index (χ3v) is 2.90. The molecule has 1 aromatic rings. The summed E-state index contributed by atoms with van der Waals surface area (Å²) in [5.41, 5.74) is 0.0800. The Morgan fingerprint density at radius 1 is 1.58 bits per heavy atom. The van der Waals surface area contributed by atoms with E-state index in [0.29, 0.717) is 6.42 Å². The van der Waals surface area contributed by atoms with E-state index in [1.54, 1.807) is 37.1 Å². The van der Waals surface area contributed by atoms with Gasteiger partial charge in [0, 0.05) is 30.4 Å². The Morgan fingerprint density at radius 2 is 2.26 bits per heavy atom. The van der Waals surface area contributed by atoms with Crippen molar-refractivity contribution in [2.24, 2.45) is 7.05 Å². The fourth-order valence-electron chi connectivity index (χ4n) is 1.63. The molecule has 0 spiro atoms. The summed E-state index contributed by atoms with van der Waals surface area (Å²) in [5, 5.41) is 15.5. The summed E-state index contributed by atoms with van der Waals surface area (Å²) >= 11 is 0. The Bertz CT molecular complexity index is 493. The fourth-order valence-corrected chi connectivity index (χ4v) is 1.63. The molecule has 0 aliphatic rings. The first-order valence-corrected chi connectivity index (χ1v) is 6.05. The Morgan fingerprint density at radius 3 is 2.74 bits per heavy atom. The topological polar surface area (TPSA) is 84.2 Å². The van der Waals surface area contributed by atoms with Crippen molar-refractivity contribution in [3.8, 4) is 0 Å². The number of hydrogen-bond acceptors (Lipinski definition) is 3. The smallest absolute Gasteiger partial charge is 0.305 e. The van der Waals surface area contributed by atoms with Crippen molar-refractivity contribution in [2.45, 2.75) is 32.2 Å². The van der Waals surface area contributed by atoms with E-state index in [2.05, 4.69) is 10.4 Å². The van der Waals surface area contributed by atoms with Crippen LogP contribution in [0.15, 0.2) is 18.5 Å². The number of rotatable bonds is 6. The van der Waals surface area contributed by atoms with Crippen LogP contribution in [0.4, 0.5) is 0 Å². The average molecular weight is 265 g/mol. The Labute approximate surface area is 112 Å². The van der Waals surface area contributed by atoms with E-state index >= 15 is 0 Å². The predicted molar refractivity (Wildman–Crippen MR) is 71.3 cm³/mol. The van der Waals surface area contributed by atoms with Gasteiger partial charge in [0.25, 0.3) is 0 Å². The molecule has 1 atom stereocenters. The van der Waals surface area contributed by atoms with E-state index in [9.17, 15) is 9.59 Å². The molecule has 0 radical (unpaired) electrons. The molecule has 0 aromatic carbocycles. The summed E-state index contributed by atoms with van der Waals surface area (Å²) in [4.78, 5) is 22.5. The first kappa shape index (κ1) is 14.9. The molecule has 0 aliphatic heterocycles. The molecular weight excluding hydrogens is 246 g/mol. The lowest BCUT2D eigenvalue weighted by Gasteiger charge is -2.27. The van der Waals surface area contributed by atoms with Gasteiger partial charge in [0.05, 0.1) is 12.6 Å². The van der Waals surface area contributed by atoms with Gasteiger partial charge < -0.3 is 10.4 Å². The maximum atomic E-state index is 11.8. The lowest BCUT2D eigenvalue weighted by molar-refractivity contribution is -0.138. The van der Waals surface area contributed by atoms with E-state index in [-0.39, 0.29) is 12.3 Å². The molecule has 0 fully saturated rings. The van der Waals surface area contributed by atoms with Crippen molar-refractivity contribution in [1.82, 2.24) is 15.1 Å². The van der Waals surface area contributed by atoms with Crippen molar-refractivity contribution in [2.75, 3.05) is 0 Å². The molecular formula is C13H19N3O3. The van der Waals surface area contributed by atoms with Gasteiger partial charge in [-0.05, 0) is 19.4 Å². The Hall–Kier alpha value is -2.11. The first-order chi connectivity index (χ1) is 8.84. The van der Waals surface area contributed by atoms with Crippen molar-refractivity contribution in [3.05, 3.63) is 24.0 Å². The van der Waals surface area contributed by atoms with Crippen LogP contribution in [0.2, 0.25) is 0 Å². The monoisotopic (exact) mass is 265 g/mol. The molecule has 2 N–H and O–H groups in total. The molecule has 6 heteroatoms. The minimum atomic E-state index is -0.930. The maximum absolute atomic E-state index is 11.8. The predicted octanol–water partition coefficient (Wildman–Crippen LogP) is 1.19. The molecule has 1 aromatic heterocycles.